The highest BCUT2D eigenvalue weighted by Crippen LogP contribution is 2.22. The zero-order valence-electron chi connectivity index (χ0n) is 9.43. The number of rotatable bonds is 4. The normalized spacial score (nSPS) is 17.2. The van der Waals surface area contributed by atoms with Gasteiger partial charge in [-0.3, -0.25) is 0 Å². The molecule has 1 aliphatic rings. The van der Waals surface area contributed by atoms with Gasteiger partial charge in [0.15, 0.2) is 0 Å². The molecule has 1 fully saturated rings. The van der Waals surface area contributed by atoms with E-state index in [1.54, 1.807) is 6.21 Å². The fraction of sp³-hybridized carbons (Fsp3) is 0.462. The van der Waals surface area contributed by atoms with Crippen molar-refractivity contribution >= 4 is 6.21 Å². The summed E-state index contributed by atoms with van der Waals surface area (Å²) in [6.45, 7) is 0.660. The van der Waals surface area contributed by atoms with E-state index in [0.29, 0.717) is 12.7 Å². The molecule has 16 heavy (non-hydrogen) atoms. The second-order valence-electron chi connectivity index (χ2n) is 4.19. The van der Waals surface area contributed by atoms with Crippen LogP contribution in [0, 0.1) is 0 Å². The van der Waals surface area contributed by atoms with Gasteiger partial charge in [0.25, 0.3) is 0 Å². The molecule has 0 amide bonds. The second-order valence-corrected chi connectivity index (χ2v) is 4.19. The van der Waals surface area contributed by atoms with E-state index >= 15 is 0 Å². The van der Waals surface area contributed by atoms with Gasteiger partial charge in [-0.05, 0) is 24.0 Å². The van der Waals surface area contributed by atoms with E-state index in [1.807, 2.05) is 18.2 Å². The van der Waals surface area contributed by atoms with E-state index in [2.05, 4.69) is 11.2 Å². The summed E-state index contributed by atoms with van der Waals surface area (Å²) in [5.41, 5.74) is 2.20. The Morgan fingerprint density at radius 1 is 1.31 bits per heavy atom. The molecular formula is C13H18N2O. The molecule has 0 atom stereocenters. The molecule has 0 aromatic heterocycles. The van der Waals surface area contributed by atoms with Crippen LogP contribution in [0.1, 0.15) is 36.8 Å². The number of benzene rings is 1. The third-order valence-corrected chi connectivity index (χ3v) is 3.05. The van der Waals surface area contributed by atoms with Crippen molar-refractivity contribution in [2.24, 2.45) is 10.9 Å². The van der Waals surface area contributed by atoms with Crippen LogP contribution in [0.15, 0.2) is 29.4 Å². The first-order valence-electron chi connectivity index (χ1n) is 5.83. The molecule has 0 heterocycles. The predicted octanol–water partition coefficient (Wildman–Crippen LogP) is 2.44. The van der Waals surface area contributed by atoms with Crippen LogP contribution < -0.4 is 5.84 Å². The lowest BCUT2D eigenvalue weighted by Crippen LogP contribution is -2.08. The molecule has 2 rings (SSSR count). The van der Waals surface area contributed by atoms with Gasteiger partial charge in [-0.1, -0.05) is 37.1 Å². The lowest BCUT2D eigenvalue weighted by Gasteiger charge is -2.12. The van der Waals surface area contributed by atoms with Gasteiger partial charge in [-0.25, -0.2) is 0 Å². The summed E-state index contributed by atoms with van der Waals surface area (Å²) < 4.78 is 5.87. The van der Waals surface area contributed by atoms with Crippen LogP contribution in [0.3, 0.4) is 0 Å². The molecule has 1 aliphatic carbocycles. The molecule has 3 heteroatoms. The minimum Gasteiger partial charge on any atom is -0.374 e. The quantitative estimate of drug-likeness (QED) is 0.479. The third kappa shape index (κ3) is 2.83. The summed E-state index contributed by atoms with van der Waals surface area (Å²) in [7, 11) is 0. The number of hydrogen-bond donors (Lipinski definition) is 1. The predicted molar refractivity (Wildman–Crippen MR) is 65.3 cm³/mol. The van der Waals surface area contributed by atoms with Crippen molar-refractivity contribution in [2.45, 2.75) is 38.4 Å². The fourth-order valence-electron chi connectivity index (χ4n) is 2.13. The lowest BCUT2D eigenvalue weighted by molar-refractivity contribution is 0.0456. The Morgan fingerprint density at radius 2 is 2.06 bits per heavy atom. The highest BCUT2D eigenvalue weighted by molar-refractivity contribution is 5.81. The first-order valence-corrected chi connectivity index (χ1v) is 5.83. The van der Waals surface area contributed by atoms with Crippen molar-refractivity contribution in [3.63, 3.8) is 0 Å². The first-order chi connectivity index (χ1) is 7.90. The summed E-state index contributed by atoms with van der Waals surface area (Å²) in [4.78, 5) is 0. The molecule has 0 spiro atoms. The molecule has 1 aromatic carbocycles. The molecule has 0 aliphatic heterocycles. The maximum absolute atomic E-state index is 5.87. The zero-order chi connectivity index (χ0) is 11.2. The van der Waals surface area contributed by atoms with Gasteiger partial charge in [0.05, 0.1) is 18.9 Å². The van der Waals surface area contributed by atoms with Crippen molar-refractivity contribution in [2.75, 3.05) is 0 Å². The molecule has 0 unspecified atom stereocenters. The van der Waals surface area contributed by atoms with Crippen LogP contribution in [0.5, 0.6) is 0 Å². The Bertz CT molecular complexity index is 357. The van der Waals surface area contributed by atoms with Crippen molar-refractivity contribution in [1.82, 2.24) is 0 Å². The Balaban J connectivity index is 1.97. The van der Waals surface area contributed by atoms with E-state index in [1.165, 1.54) is 25.7 Å². The monoisotopic (exact) mass is 218 g/mol. The van der Waals surface area contributed by atoms with Gasteiger partial charge in [-0.15, -0.1) is 0 Å². The molecule has 1 aromatic rings. The van der Waals surface area contributed by atoms with E-state index in [4.69, 9.17) is 10.6 Å². The van der Waals surface area contributed by atoms with Gasteiger partial charge in [-0.2, -0.15) is 5.10 Å². The summed E-state index contributed by atoms with van der Waals surface area (Å²) in [6, 6.07) is 8.06. The lowest BCUT2D eigenvalue weighted by atomic mass is 10.1. The largest absolute Gasteiger partial charge is 0.374 e. The first kappa shape index (κ1) is 11.1. The highest BCUT2D eigenvalue weighted by Gasteiger charge is 2.15. The molecule has 1 saturated carbocycles. The number of ether oxygens (including phenoxy) is 1. The van der Waals surface area contributed by atoms with Crippen molar-refractivity contribution in [3.8, 4) is 0 Å². The van der Waals surface area contributed by atoms with Crippen molar-refractivity contribution in [1.29, 1.82) is 0 Å². The molecule has 0 radical (unpaired) electrons. The molecule has 2 N–H and O–H groups in total. The molecule has 86 valence electrons. The molecule has 0 bridgehead atoms. The Morgan fingerprint density at radius 3 is 2.81 bits per heavy atom. The van der Waals surface area contributed by atoms with Crippen LogP contribution in [0.25, 0.3) is 0 Å². The second kappa shape index (κ2) is 5.66. The zero-order valence-corrected chi connectivity index (χ0v) is 9.43. The van der Waals surface area contributed by atoms with Gasteiger partial charge in [0.2, 0.25) is 0 Å². The van der Waals surface area contributed by atoms with Gasteiger partial charge in [0, 0.05) is 0 Å². The minimum atomic E-state index is 0.447. The maximum atomic E-state index is 5.87. The van der Waals surface area contributed by atoms with Crippen LogP contribution >= 0.6 is 0 Å². The van der Waals surface area contributed by atoms with Crippen molar-refractivity contribution in [3.05, 3.63) is 35.4 Å². The number of nitrogens with two attached hydrogens (primary N) is 1. The Kier molecular flexibility index (Phi) is 3.94. The van der Waals surface area contributed by atoms with E-state index in [9.17, 15) is 0 Å². The Hall–Kier alpha value is -1.35. The van der Waals surface area contributed by atoms with Gasteiger partial charge >= 0.3 is 0 Å². The SMILES string of the molecule is NN=Cc1ccccc1COC1CCCC1. The van der Waals surface area contributed by atoms with E-state index < -0.39 is 0 Å². The average Bonchev–Trinajstić information content (AvgIpc) is 2.81. The number of nitrogens with zero attached hydrogens (tertiary/aromatic N) is 1. The van der Waals surface area contributed by atoms with Crippen LogP contribution in [-0.4, -0.2) is 12.3 Å². The topological polar surface area (TPSA) is 47.6 Å². The number of hydrogen-bond acceptors (Lipinski definition) is 3. The van der Waals surface area contributed by atoms with E-state index in [-0.39, 0.29) is 0 Å². The summed E-state index contributed by atoms with van der Waals surface area (Å²) in [5.74, 6) is 5.18. The van der Waals surface area contributed by atoms with Gasteiger partial charge in [0.1, 0.15) is 0 Å². The summed E-state index contributed by atoms with van der Waals surface area (Å²) in [6.07, 6.45) is 7.13. The molecular weight excluding hydrogens is 200 g/mol. The molecule has 3 nitrogen and oxygen atoms in total. The number of hydrazone groups is 1. The summed E-state index contributed by atoms with van der Waals surface area (Å²) >= 11 is 0. The average molecular weight is 218 g/mol. The van der Waals surface area contributed by atoms with Crippen molar-refractivity contribution < 1.29 is 4.74 Å². The van der Waals surface area contributed by atoms with E-state index in [0.717, 1.165) is 11.1 Å². The maximum Gasteiger partial charge on any atom is 0.0726 e. The minimum absolute atomic E-state index is 0.447. The Labute approximate surface area is 96.3 Å². The van der Waals surface area contributed by atoms with Crippen LogP contribution in [0.4, 0.5) is 0 Å². The third-order valence-electron chi connectivity index (χ3n) is 3.05. The van der Waals surface area contributed by atoms with Crippen LogP contribution in [-0.2, 0) is 11.3 Å². The standard InChI is InChI=1S/C13H18N2O/c14-15-9-11-5-1-2-6-12(11)10-16-13-7-3-4-8-13/h1-2,5-6,9,13H,3-4,7-8,10,14H2. The highest BCUT2D eigenvalue weighted by atomic mass is 16.5. The fourth-order valence-corrected chi connectivity index (χ4v) is 2.13. The molecule has 0 saturated heterocycles. The van der Waals surface area contributed by atoms with Gasteiger partial charge < -0.3 is 10.6 Å². The van der Waals surface area contributed by atoms with Crippen LogP contribution in [0.2, 0.25) is 0 Å². The smallest absolute Gasteiger partial charge is 0.0726 e. The summed E-state index contributed by atoms with van der Waals surface area (Å²) in [5, 5.41) is 3.57.